The smallest absolute Gasteiger partial charge is 0.269 e. The zero-order valence-electron chi connectivity index (χ0n) is 7.37. The van der Waals surface area contributed by atoms with Gasteiger partial charge in [0.15, 0.2) is 0 Å². The van der Waals surface area contributed by atoms with E-state index in [1.165, 1.54) is 0 Å². The van der Waals surface area contributed by atoms with Gasteiger partial charge >= 0.3 is 0 Å². The molecule has 0 saturated carbocycles. The Balaban J connectivity index is 0.00000169. The summed E-state index contributed by atoms with van der Waals surface area (Å²) in [4.78, 5) is 15.1. The van der Waals surface area contributed by atoms with E-state index in [4.69, 9.17) is 17.3 Å². The highest BCUT2D eigenvalue weighted by Gasteiger charge is 2.05. The van der Waals surface area contributed by atoms with Crippen LogP contribution in [0.2, 0.25) is 5.15 Å². The lowest BCUT2D eigenvalue weighted by atomic mass is 10.3. The third-order valence-corrected chi connectivity index (χ3v) is 1.59. The van der Waals surface area contributed by atoms with Gasteiger partial charge in [0.25, 0.3) is 5.91 Å². The van der Waals surface area contributed by atoms with Crippen molar-refractivity contribution in [3.05, 3.63) is 29.0 Å². The molecule has 1 aromatic rings. The summed E-state index contributed by atoms with van der Waals surface area (Å²) in [5.74, 6) is -0.257. The quantitative estimate of drug-likeness (QED) is 0.764. The topological polar surface area (TPSA) is 68.0 Å². The standard InChI is InChI=1S/C8H10ClN3O.ClH/c9-7-3-1-2-6(12-7)8(13)11-5-4-10;/h1-3H,4-5,10H2,(H,11,13);1H. The summed E-state index contributed by atoms with van der Waals surface area (Å²) in [7, 11) is 0. The Hall–Kier alpha value is -0.840. The van der Waals surface area contributed by atoms with Gasteiger partial charge in [0.2, 0.25) is 0 Å². The largest absolute Gasteiger partial charge is 0.349 e. The Morgan fingerprint density at radius 2 is 2.29 bits per heavy atom. The molecule has 0 saturated heterocycles. The molecule has 0 fully saturated rings. The highest BCUT2D eigenvalue weighted by atomic mass is 35.5. The van der Waals surface area contributed by atoms with Crippen molar-refractivity contribution in [1.82, 2.24) is 10.3 Å². The fourth-order valence-electron chi connectivity index (χ4n) is 0.811. The van der Waals surface area contributed by atoms with Crippen LogP contribution in [0, 0.1) is 0 Å². The molecule has 1 rings (SSSR count). The van der Waals surface area contributed by atoms with Crippen LogP contribution in [0.15, 0.2) is 18.2 Å². The fourth-order valence-corrected chi connectivity index (χ4v) is 0.975. The molecule has 0 radical (unpaired) electrons. The van der Waals surface area contributed by atoms with Gasteiger partial charge in [-0.25, -0.2) is 4.98 Å². The summed E-state index contributed by atoms with van der Waals surface area (Å²) >= 11 is 5.61. The van der Waals surface area contributed by atoms with Gasteiger partial charge < -0.3 is 11.1 Å². The summed E-state index contributed by atoms with van der Waals surface area (Å²) in [6, 6.07) is 4.88. The number of hydrogen-bond donors (Lipinski definition) is 2. The number of aromatic nitrogens is 1. The van der Waals surface area contributed by atoms with Gasteiger partial charge in [0, 0.05) is 13.1 Å². The number of pyridine rings is 1. The van der Waals surface area contributed by atoms with Crippen molar-refractivity contribution < 1.29 is 4.79 Å². The first-order chi connectivity index (χ1) is 6.24. The van der Waals surface area contributed by atoms with Crippen molar-refractivity contribution in [2.24, 2.45) is 5.73 Å². The number of nitrogens with two attached hydrogens (primary N) is 1. The molecule has 3 N–H and O–H groups in total. The zero-order valence-corrected chi connectivity index (χ0v) is 8.94. The SMILES string of the molecule is Cl.NCCNC(=O)c1cccc(Cl)n1. The van der Waals surface area contributed by atoms with E-state index in [0.29, 0.717) is 23.9 Å². The normalized spacial score (nSPS) is 9.00. The summed E-state index contributed by atoms with van der Waals surface area (Å²) < 4.78 is 0. The third kappa shape index (κ3) is 3.91. The molecular formula is C8H11Cl2N3O. The second kappa shape index (κ2) is 6.59. The molecule has 0 spiro atoms. The lowest BCUT2D eigenvalue weighted by Crippen LogP contribution is -2.29. The molecule has 78 valence electrons. The van der Waals surface area contributed by atoms with Gasteiger partial charge in [-0.3, -0.25) is 4.79 Å². The first-order valence-corrected chi connectivity index (χ1v) is 4.22. The van der Waals surface area contributed by atoms with E-state index in [9.17, 15) is 4.79 Å². The molecule has 0 aromatic carbocycles. The number of rotatable bonds is 3. The molecule has 0 unspecified atom stereocenters. The van der Waals surface area contributed by atoms with Crippen LogP contribution in [-0.4, -0.2) is 24.0 Å². The molecule has 0 aliphatic carbocycles. The number of hydrogen-bond acceptors (Lipinski definition) is 3. The van der Waals surface area contributed by atoms with E-state index in [2.05, 4.69) is 10.3 Å². The van der Waals surface area contributed by atoms with Gasteiger partial charge in [-0.1, -0.05) is 17.7 Å². The van der Waals surface area contributed by atoms with Crippen LogP contribution >= 0.6 is 24.0 Å². The van der Waals surface area contributed by atoms with Crippen molar-refractivity contribution in [3.63, 3.8) is 0 Å². The molecule has 0 bridgehead atoms. The Kier molecular flexibility index (Phi) is 6.19. The van der Waals surface area contributed by atoms with Gasteiger partial charge in [0.05, 0.1) is 0 Å². The molecule has 1 heterocycles. The first-order valence-electron chi connectivity index (χ1n) is 3.85. The summed E-state index contributed by atoms with van der Waals surface area (Å²) in [6.07, 6.45) is 0. The van der Waals surface area contributed by atoms with Crippen molar-refractivity contribution in [1.29, 1.82) is 0 Å². The third-order valence-electron chi connectivity index (χ3n) is 1.38. The van der Waals surface area contributed by atoms with Crippen LogP contribution < -0.4 is 11.1 Å². The monoisotopic (exact) mass is 235 g/mol. The highest BCUT2D eigenvalue weighted by Crippen LogP contribution is 2.04. The number of carbonyl (C=O) groups excluding carboxylic acids is 1. The Morgan fingerprint density at radius 3 is 2.86 bits per heavy atom. The first kappa shape index (κ1) is 13.2. The lowest BCUT2D eigenvalue weighted by molar-refractivity contribution is 0.0950. The minimum Gasteiger partial charge on any atom is -0.349 e. The molecule has 1 aromatic heterocycles. The minimum atomic E-state index is -0.257. The van der Waals surface area contributed by atoms with Crippen LogP contribution in [0.4, 0.5) is 0 Å². The summed E-state index contributed by atoms with van der Waals surface area (Å²) in [6.45, 7) is 0.847. The molecule has 0 aliphatic heterocycles. The van der Waals surface area contributed by atoms with Crippen molar-refractivity contribution >= 4 is 29.9 Å². The maximum absolute atomic E-state index is 11.3. The number of nitrogens with zero attached hydrogens (tertiary/aromatic N) is 1. The molecule has 1 amide bonds. The zero-order chi connectivity index (χ0) is 9.68. The van der Waals surface area contributed by atoms with Crippen LogP contribution in [0.3, 0.4) is 0 Å². The number of halogens is 2. The fraction of sp³-hybridized carbons (Fsp3) is 0.250. The highest BCUT2D eigenvalue weighted by molar-refractivity contribution is 6.29. The molecular weight excluding hydrogens is 225 g/mol. The average molecular weight is 236 g/mol. The summed E-state index contributed by atoms with van der Waals surface area (Å²) in [5.41, 5.74) is 5.53. The molecule has 6 heteroatoms. The van der Waals surface area contributed by atoms with E-state index in [-0.39, 0.29) is 18.3 Å². The second-order valence-corrected chi connectivity index (χ2v) is 2.78. The van der Waals surface area contributed by atoms with Gasteiger partial charge in [-0.15, -0.1) is 12.4 Å². The lowest BCUT2D eigenvalue weighted by Gasteiger charge is -2.01. The number of carbonyl (C=O) groups is 1. The minimum absolute atomic E-state index is 0. The number of nitrogens with one attached hydrogen (secondary N) is 1. The molecule has 4 nitrogen and oxygen atoms in total. The van der Waals surface area contributed by atoms with E-state index in [0.717, 1.165) is 0 Å². The van der Waals surface area contributed by atoms with Crippen LogP contribution in [0.5, 0.6) is 0 Å². The predicted molar refractivity (Wildman–Crippen MR) is 57.9 cm³/mol. The van der Waals surface area contributed by atoms with E-state index in [1.807, 2.05) is 0 Å². The van der Waals surface area contributed by atoms with Crippen LogP contribution in [-0.2, 0) is 0 Å². The van der Waals surface area contributed by atoms with Crippen LogP contribution in [0.25, 0.3) is 0 Å². The Labute approximate surface area is 93.3 Å². The van der Waals surface area contributed by atoms with E-state index < -0.39 is 0 Å². The average Bonchev–Trinajstić information content (AvgIpc) is 2.14. The summed E-state index contributed by atoms with van der Waals surface area (Å²) in [5, 5.41) is 2.90. The molecule has 0 atom stereocenters. The second-order valence-electron chi connectivity index (χ2n) is 2.39. The number of amides is 1. The van der Waals surface area contributed by atoms with E-state index >= 15 is 0 Å². The maximum atomic E-state index is 11.3. The Morgan fingerprint density at radius 1 is 1.57 bits per heavy atom. The van der Waals surface area contributed by atoms with Crippen molar-refractivity contribution in [3.8, 4) is 0 Å². The van der Waals surface area contributed by atoms with Gasteiger partial charge in [-0.05, 0) is 12.1 Å². The Bertz CT molecular complexity index is 306. The van der Waals surface area contributed by atoms with Crippen molar-refractivity contribution in [2.75, 3.05) is 13.1 Å². The predicted octanol–water partition coefficient (Wildman–Crippen LogP) is 0.845. The van der Waals surface area contributed by atoms with Gasteiger partial charge in [0.1, 0.15) is 10.8 Å². The van der Waals surface area contributed by atoms with Gasteiger partial charge in [-0.2, -0.15) is 0 Å². The van der Waals surface area contributed by atoms with E-state index in [1.54, 1.807) is 18.2 Å². The maximum Gasteiger partial charge on any atom is 0.269 e. The molecule has 14 heavy (non-hydrogen) atoms. The molecule has 0 aliphatic rings. The van der Waals surface area contributed by atoms with Crippen molar-refractivity contribution in [2.45, 2.75) is 0 Å². The van der Waals surface area contributed by atoms with Crippen LogP contribution in [0.1, 0.15) is 10.5 Å².